The Balaban J connectivity index is 1.72. The van der Waals surface area contributed by atoms with Crippen LogP contribution in [0, 0.1) is 11.8 Å². The van der Waals surface area contributed by atoms with E-state index in [1.54, 1.807) is 0 Å². The molecular formula is C12H24N2O. The number of hydrogen-bond donors (Lipinski definition) is 3. The van der Waals surface area contributed by atoms with Gasteiger partial charge in [0.15, 0.2) is 0 Å². The van der Waals surface area contributed by atoms with Crippen molar-refractivity contribution in [2.24, 2.45) is 11.8 Å². The van der Waals surface area contributed by atoms with Crippen LogP contribution in [-0.2, 0) is 0 Å². The fourth-order valence-corrected chi connectivity index (χ4v) is 2.88. The van der Waals surface area contributed by atoms with E-state index in [0.29, 0.717) is 5.92 Å². The van der Waals surface area contributed by atoms with Crippen LogP contribution in [0.1, 0.15) is 32.1 Å². The van der Waals surface area contributed by atoms with Crippen LogP contribution in [0.25, 0.3) is 0 Å². The van der Waals surface area contributed by atoms with E-state index in [1.165, 1.54) is 12.8 Å². The van der Waals surface area contributed by atoms with Crippen LogP contribution in [0.15, 0.2) is 0 Å². The highest BCUT2D eigenvalue weighted by Crippen LogP contribution is 2.25. The number of aliphatic hydroxyl groups excluding tert-OH is 1. The molecule has 0 bridgehead atoms. The van der Waals surface area contributed by atoms with Gasteiger partial charge in [0.1, 0.15) is 0 Å². The number of hydrogen-bond acceptors (Lipinski definition) is 3. The lowest BCUT2D eigenvalue weighted by molar-refractivity contribution is 0.0606. The fourth-order valence-electron chi connectivity index (χ4n) is 2.88. The third-order valence-electron chi connectivity index (χ3n) is 3.96. The van der Waals surface area contributed by atoms with Crippen molar-refractivity contribution >= 4 is 0 Å². The Labute approximate surface area is 92.6 Å². The highest BCUT2D eigenvalue weighted by Gasteiger charge is 2.25. The van der Waals surface area contributed by atoms with Crippen LogP contribution < -0.4 is 10.6 Å². The van der Waals surface area contributed by atoms with E-state index in [4.69, 9.17) is 0 Å². The first kappa shape index (κ1) is 11.4. The van der Waals surface area contributed by atoms with Gasteiger partial charge >= 0.3 is 0 Å². The predicted octanol–water partition coefficient (Wildman–Crippen LogP) is 0.737. The van der Waals surface area contributed by atoms with Gasteiger partial charge in [-0.05, 0) is 70.1 Å². The number of nitrogens with one attached hydrogen (secondary N) is 2. The van der Waals surface area contributed by atoms with Gasteiger partial charge in [0.2, 0.25) is 0 Å². The molecule has 2 fully saturated rings. The van der Waals surface area contributed by atoms with Crippen molar-refractivity contribution < 1.29 is 5.11 Å². The molecule has 15 heavy (non-hydrogen) atoms. The summed E-state index contributed by atoms with van der Waals surface area (Å²) >= 11 is 0. The van der Waals surface area contributed by atoms with E-state index in [1.807, 2.05) is 0 Å². The number of piperidine rings is 2. The minimum Gasteiger partial charge on any atom is -0.393 e. The van der Waals surface area contributed by atoms with Crippen molar-refractivity contribution in [2.75, 3.05) is 26.2 Å². The van der Waals surface area contributed by atoms with Crippen LogP contribution in [0.5, 0.6) is 0 Å². The Hall–Kier alpha value is -0.120. The van der Waals surface area contributed by atoms with Crippen molar-refractivity contribution in [2.45, 2.75) is 38.2 Å². The molecule has 2 saturated heterocycles. The lowest BCUT2D eigenvalue weighted by Crippen LogP contribution is -2.36. The maximum Gasteiger partial charge on any atom is 0.0572 e. The van der Waals surface area contributed by atoms with E-state index < -0.39 is 0 Å². The van der Waals surface area contributed by atoms with E-state index in [2.05, 4.69) is 10.6 Å². The molecule has 2 heterocycles. The number of aliphatic hydroxyl groups is 1. The molecule has 2 aliphatic rings. The van der Waals surface area contributed by atoms with Crippen molar-refractivity contribution in [3.8, 4) is 0 Å². The van der Waals surface area contributed by atoms with Gasteiger partial charge in [-0.1, -0.05) is 0 Å². The summed E-state index contributed by atoms with van der Waals surface area (Å²) in [7, 11) is 0. The third kappa shape index (κ3) is 3.44. The third-order valence-corrected chi connectivity index (χ3v) is 3.96. The van der Waals surface area contributed by atoms with Crippen molar-refractivity contribution in [3.63, 3.8) is 0 Å². The van der Waals surface area contributed by atoms with Crippen molar-refractivity contribution in [1.82, 2.24) is 10.6 Å². The molecule has 2 rings (SSSR count). The summed E-state index contributed by atoms with van der Waals surface area (Å²) in [6.45, 7) is 4.47. The van der Waals surface area contributed by atoms with Crippen LogP contribution in [-0.4, -0.2) is 37.4 Å². The average molecular weight is 212 g/mol. The lowest BCUT2D eigenvalue weighted by Gasteiger charge is -2.31. The van der Waals surface area contributed by atoms with Crippen LogP contribution in [0.4, 0.5) is 0 Å². The zero-order valence-corrected chi connectivity index (χ0v) is 9.54. The summed E-state index contributed by atoms with van der Waals surface area (Å²) in [4.78, 5) is 0. The molecule has 1 unspecified atom stereocenters. The summed E-state index contributed by atoms with van der Waals surface area (Å²) in [5.74, 6) is 1.32. The first-order valence-corrected chi connectivity index (χ1v) is 6.46. The Morgan fingerprint density at radius 2 is 1.47 bits per heavy atom. The Bertz CT molecular complexity index is 174. The van der Waals surface area contributed by atoms with Crippen LogP contribution in [0.2, 0.25) is 0 Å². The topological polar surface area (TPSA) is 44.3 Å². The van der Waals surface area contributed by atoms with Crippen molar-refractivity contribution in [3.05, 3.63) is 0 Å². The summed E-state index contributed by atoms with van der Waals surface area (Å²) in [5, 5.41) is 16.9. The Morgan fingerprint density at radius 3 is 2.07 bits per heavy atom. The van der Waals surface area contributed by atoms with E-state index >= 15 is 0 Å². The van der Waals surface area contributed by atoms with Gasteiger partial charge in [-0.25, -0.2) is 0 Å². The predicted molar refractivity (Wildman–Crippen MR) is 61.8 cm³/mol. The van der Waals surface area contributed by atoms with Crippen LogP contribution >= 0.6 is 0 Å². The minimum absolute atomic E-state index is 0.0461. The monoisotopic (exact) mass is 212 g/mol. The minimum atomic E-state index is -0.0461. The normalized spacial score (nSPS) is 27.8. The quantitative estimate of drug-likeness (QED) is 0.646. The van der Waals surface area contributed by atoms with Gasteiger partial charge < -0.3 is 15.7 Å². The van der Waals surface area contributed by atoms with E-state index in [-0.39, 0.29) is 6.10 Å². The average Bonchev–Trinajstić information content (AvgIpc) is 2.31. The van der Waals surface area contributed by atoms with Gasteiger partial charge in [0.25, 0.3) is 0 Å². The second-order valence-corrected chi connectivity index (χ2v) is 5.08. The molecule has 1 atom stereocenters. The molecule has 3 N–H and O–H groups in total. The summed E-state index contributed by atoms with van der Waals surface area (Å²) < 4.78 is 0. The maximum absolute atomic E-state index is 10.2. The first-order valence-electron chi connectivity index (χ1n) is 6.46. The molecule has 0 aliphatic carbocycles. The van der Waals surface area contributed by atoms with Crippen molar-refractivity contribution in [1.29, 1.82) is 0 Å². The molecular weight excluding hydrogens is 188 g/mol. The Kier molecular flexibility index (Phi) is 4.42. The van der Waals surface area contributed by atoms with Gasteiger partial charge in [0.05, 0.1) is 6.10 Å². The van der Waals surface area contributed by atoms with Gasteiger partial charge in [-0.3, -0.25) is 0 Å². The number of rotatable bonds is 3. The summed E-state index contributed by atoms with van der Waals surface area (Å²) in [6.07, 6.45) is 5.81. The van der Waals surface area contributed by atoms with Gasteiger partial charge in [-0.2, -0.15) is 0 Å². The molecule has 3 nitrogen and oxygen atoms in total. The highest BCUT2D eigenvalue weighted by atomic mass is 16.3. The molecule has 0 radical (unpaired) electrons. The molecule has 88 valence electrons. The SMILES string of the molecule is OC(CC1CCNCC1)C1CCNCC1. The smallest absolute Gasteiger partial charge is 0.0572 e. The highest BCUT2D eigenvalue weighted by molar-refractivity contribution is 4.79. The molecule has 3 heteroatoms. The summed E-state index contributed by atoms with van der Waals surface area (Å²) in [6, 6.07) is 0. The van der Waals surface area contributed by atoms with E-state index in [9.17, 15) is 5.11 Å². The molecule has 0 aromatic carbocycles. The van der Waals surface area contributed by atoms with Crippen LogP contribution in [0.3, 0.4) is 0 Å². The van der Waals surface area contributed by atoms with Gasteiger partial charge in [0, 0.05) is 0 Å². The Morgan fingerprint density at radius 1 is 0.933 bits per heavy atom. The largest absolute Gasteiger partial charge is 0.393 e. The van der Waals surface area contributed by atoms with E-state index in [0.717, 1.165) is 51.4 Å². The second-order valence-electron chi connectivity index (χ2n) is 5.08. The second kappa shape index (κ2) is 5.83. The zero-order valence-electron chi connectivity index (χ0n) is 9.54. The molecule has 0 saturated carbocycles. The first-order chi connectivity index (χ1) is 7.36. The summed E-state index contributed by atoms with van der Waals surface area (Å²) in [5.41, 5.74) is 0. The lowest BCUT2D eigenvalue weighted by atomic mass is 9.84. The fraction of sp³-hybridized carbons (Fsp3) is 1.00. The molecule has 0 spiro atoms. The molecule has 0 amide bonds. The standard InChI is InChI=1S/C12H24N2O/c15-12(11-3-7-14-8-4-11)9-10-1-5-13-6-2-10/h10-15H,1-9H2. The maximum atomic E-state index is 10.2. The zero-order chi connectivity index (χ0) is 10.5. The molecule has 0 aromatic heterocycles. The molecule has 2 aliphatic heterocycles. The van der Waals surface area contributed by atoms with Gasteiger partial charge in [-0.15, -0.1) is 0 Å². The molecule has 0 aromatic rings.